The van der Waals surface area contributed by atoms with Crippen molar-refractivity contribution in [3.63, 3.8) is 0 Å². The van der Waals surface area contributed by atoms with E-state index in [9.17, 15) is 8.42 Å². The molecular formula is C14H16ClN3O3S. The first kappa shape index (κ1) is 15.2. The van der Waals surface area contributed by atoms with E-state index in [2.05, 4.69) is 5.10 Å². The summed E-state index contributed by atoms with van der Waals surface area (Å²) in [4.78, 5) is 0. The maximum atomic E-state index is 13.0. The second kappa shape index (κ2) is 5.17. The Morgan fingerprint density at radius 2 is 2.14 bits per heavy atom. The van der Waals surface area contributed by atoms with E-state index in [1.807, 2.05) is 26.0 Å². The molecule has 2 heterocycles. The molecule has 0 spiro atoms. The van der Waals surface area contributed by atoms with Crippen LogP contribution < -0.4 is 9.04 Å². The lowest BCUT2D eigenvalue weighted by Crippen LogP contribution is -2.42. The summed E-state index contributed by atoms with van der Waals surface area (Å²) in [5.41, 5.74) is 1.52. The predicted molar refractivity (Wildman–Crippen MR) is 84.0 cm³/mol. The molecule has 1 atom stereocenters. The van der Waals surface area contributed by atoms with E-state index in [1.165, 1.54) is 15.2 Å². The number of ether oxygens (including phenoxy) is 1. The quantitative estimate of drug-likeness (QED) is 0.841. The normalized spacial score (nSPS) is 18.0. The van der Waals surface area contributed by atoms with Crippen molar-refractivity contribution in [1.29, 1.82) is 0 Å². The van der Waals surface area contributed by atoms with E-state index >= 15 is 0 Å². The molecule has 2 aromatic rings. The van der Waals surface area contributed by atoms with Crippen LogP contribution in [0.4, 0.5) is 5.69 Å². The lowest BCUT2D eigenvalue weighted by Gasteiger charge is -2.34. The Morgan fingerprint density at radius 3 is 2.77 bits per heavy atom. The van der Waals surface area contributed by atoms with E-state index in [0.717, 1.165) is 5.56 Å². The number of halogens is 1. The van der Waals surface area contributed by atoms with Gasteiger partial charge in [-0.25, -0.2) is 0 Å². The summed E-state index contributed by atoms with van der Waals surface area (Å²) in [6.45, 7) is 3.98. The summed E-state index contributed by atoms with van der Waals surface area (Å²) in [6, 6.07) is 5.43. The Hall–Kier alpha value is -1.73. The molecule has 0 radical (unpaired) electrons. The van der Waals surface area contributed by atoms with Crippen molar-refractivity contribution in [2.75, 3.05) is 10.8 Å². The van der Waals surface area contributed by atoms with E-state index in [4.69, 9.17) is 16.3 Å². The molecule has 0 aliphatic carbocycles. The minimum Gasteiger partial charge on any atom is -0.487 e. The van der Waals surface area contributed by atoms with Crippen LogP contribution in [0.25, 0.3) is 0 Å². The highest BCUT2D eigenvalue weighted by Crippen LogP contribution is 2.38. The molecule has 0 amide bonds. The fraction of sp³-hybridized carbons (Fsp3) is 0.357. The largest absolute Gasteiger partial charge is 0.487 e. The van der Waals surface area contributed by atoms with Crippen molar-refractivity contribution in [3.8, 4) is 5.75 Å². The van der Waals surface area contributed by atoms with Gasteiger partial charge in [-0.3, -0.25) is 8.99 Å². The fourth-order valence-electron chi connectivity index (χ4n) is 2.53. The summed E-state index contributed by atoms with van der Waals surface area (Å²) in [5.74, 6) is 0.556. The molecule has 1 aliphatic heterocycles. The van der Waals surface area contributed by atoms with Crippen LogP contribution in [-0.2, 0) is 17.1 Å². The number of hydrogen-bond donors (Lipinski definition) is 0. The van der Waals surface area contributed by atoms with Gasteiger partial charge >= 0.3 is 0 Å². The lowest BCUT2D eigenvalue weighted by molar-refractivity contribution is 0.219. The third-order valence-electron chi connectivity index (χ3n) is 3.51. The second-order valence-corrected chi connectivity index (χ2v) is 7.54. The third-order valence-corrected chi connectivity index (χ3v) is 5.80. The molecule has 0 bridgehead atoms. The minimum atomic E-state index is -3.82. The standard InChI is InChI=1S/C14H16ClN3O3S/c1-9-4-5-12-13(6-9)21-10(2)8-18(12)22(19,20)14-11(15)7-16-17(14)3/h4-7,10H,8H2,1-3H3. The molecule has 1 aliphatic rings. The van der Waals surface area contributed by atoms with Gasteiger partial charge in [-0.05, 0) is 31.5 Å². The Labute approximate surface area is 134 Å². The molecule has 0 fully saturated rings. The molecule has 118 valence electrons. The number of nitrogens with zero attached hydrogens (tertiary/aromatic N) is 3. The average molecular weight is 342 g/mol. The number of anilines is 1. The Bertz CT molecular complexity index is 812. The van der Waals surface area contributed by atoms with Gasteiger partial charge in [0.2, 0.25) is 0 Å². The lowest BCUT2D eigenvalue weighted by atomic mass is 10.2. The van der Waals surface area contributed by atoms with Crippen molar-refractivity contribution in [3.05, 3.63) is 35.0 Å². The number of fused-ring (bicyclic) bond motifs is 1. The molecule has 1 aromatic heterocycles. The average Bonchev–Trinajstić information content (AvgIpc) is 2.77. The molecule has 0 N–H and O–H groups in total. The number of sulfonamides is 1. The van der Waals surface area contributed by atoms with E-state index < -0.39 is 10.0 Å². The van der Waals surface area contributed by atoms with Crippen LogP contribution in [0.5, 0.6) is 5.75 Å². The molecule has 1 unspecified atom stereocenters. The van der Waals surface area contributed by atoms with Gasteiger partial charge in [0.25, 0.3) is 10.0 Å². The summed E-state index contributed by atoms with van der Waals surface area (Å²) in [7, 11) is -2.26. The van der Waals surface area contributed by atoms with Crippen LogP contribution in [0.1, 0.15) is 12.5 Å². The number of aryl methyl sites for hydroxylation is 2. The number of benzene rings is 1. The molecule has 22 heavy (non-hydrogen) atoms. The van der Waals surface area contributed by atoms with Crippen molar-refractivity contribution < 1.29 is 13.2 Å². The molecular weight excluding hydrogens is 326 g/mol. The van der Waals surface area contributed by atoms with E-state index in [-0.39, 0.29) is 22.7 Å². The summed E-state index contributed by atoms with van der Waals surface area (Å²) in [6.07, 6.45) is 1.07. The fourth-order valence-corrected chi connectivity index (χ4v) is 4.69. The highest BCUT2D eigenvalue weighted by molar-refractivity contribution is 7.92. The second-order valence-electron chi connectivity index (χ2n) is 5.36. The predicted octanol–water partition coefficient (Wildman–Crippen LogP) is 2.36. The van der Waals surface area contributed by atoms with Crippen LogP contribution in [-0.4, -0.2) is 30.8 Å². The summed E-state index contributed by atoms with van der Waals surface area (Å²) >= 11 is 6.02. The molecule has 6 nitrogen and oxygen atoms in total. The van der Waals surface area contributed by atoms with Crippen molar-refractivity contribution in [2.24, 2.45) is 7.05 Å². The van der Waals surface area contributed by atoms with Crippen molar-refractivity contribution in [1.82, 2.24) is 9.78 Å². The Balaban J connectivity index is 2.17. The van der Waals surface area contributed by atoms with Crippen molar-refractivity contribution >= 4 is 27.3 Å². The zero-order valence-electron chi connectivity index (χ0n) is 12.4. The SMILES string of the molecule is Cc1ccc2c(c1)OC(C)CN2S(=O)(=O)c1c(Cl)cnn1C. The van der Waals surface area contributed by atoms with E-state index in [1.54, 1.807) is 13.1 Å². The van der Waals surface area contributed by atoms with Crippen LogP contribution in [0.2, 0.25) is 5.02 Å². The number of aromatic nitrogens is 2. The van der Waals surface area contributed by atoms with Gasteiger partial charge in [0.15, 0.2) is 5.03 Å². The van der Waals surface area contributed by atoms with Crippen molar-refractivity contribution in [2.45, 2.75) is 25.0 Å². The maximum Gasteiger partial charge on any atom is 0.283 e. The molecule has 0 saturated heterocycles. The maximum absolute atomic E-state index is 13.0. The van der Waals surface area contributed by atoms with Gasteiger partial charge in [0.1, 0.15) is 11.9 Å². The first-order valence-corrected chi connectivity index (χ1v) is 8.60. The van der Waals surface area contributed by atoms with Gasteiger partial charge in [-0.1, -0.05) is 17.7 Å². The van der Waals surface area contributed by atoms with Gasteiger partial charge in [0, 0.05) is 7.05 Å². The number of hydrogen-bond acceptors (Lipinski definition) is 4. The van der Waals surface area contributed by atoms with Crippen LogP contribution in [0.15, 0.2) is 29.4 Å². The van der Waals surface area contributed by atoms with Crippen LogP contribution in [0.3, 0.4) is 0 Å². The highest BCUT2D eigenvalue weighted by atomic mass is 35.5. The Morgan fingerprint density at radius 1 is 1.41 bits per heavy atom. The zero-order chi connectivity index (χ0) is 16.1. The Kier molecular flexibility index (Phi) is 3.57. The monoisotopic (exact) mass is 341 g/mol. The minimum absolute atomic E-state index is 0.0187. The molecule has 1 aromatic carbocycles. The first-order chi connectivity index (χ1) is 10.3. The summed E-state index contributed by atoms with van der Waals surface area (Å²) in [5, 5.41) is 4.00. The third kappa shape index (κ3) is 2.34. The molecule has 0 saturated carbocycles. The molecule has 8 heteroatoms. The summed E-state index contributed by atoms with van der Waals surface area (Å²) < 4.78 is 34.4. The van der Waals surface area contributed by atoms with Gasteiger partial charge in [-0.2, -0.15) is 13.5 Å². The van der Waals surface area contributed by atoms with Gasteiger partial charge < -0.3 is 4.74 Å². The van der Waals surface area contributed by atoms with Crippen LogP contribution in [0, 0.1) is 6.92 Å². The highest BCUT2D eigenvalue weighted by Gasteiger charge is 2.36. The topological polar surface area (TPSA) is 64.4 Å². The van der Waals surface area contributed by atoms with Gasteiger partial charge in [-0.15, -0.1) is 0 Å². The van der Waals surface area contributed by atoms with Crippen LogP contribution >= 0.6 is 11.6 Å². The first-order valence-electron chi connectivity index (χ1n) is 6.78. The molecule has 3 rings (SSSR count). The zero-order valence-corrected chi connectivity index (χ0v) is 14.0. The smallest absolute Gasteiger partial charge is 0.283 e. The van der Waals surface area contributed by atoms with E-state index in [0.29, 0.717) is 11.4 Å². The number of rotatable bonds is 2. The van der Waals surface area contributed by atoms with Gasteiger partial charge in [0.05, 0.1) is 23.5 Å².